The van der Waals surface area contributed by atoms with Crippen LogP contribution in [0.25, 0.3) is 0 Å². The summed E-state index contributed by atoms with van der Waals surface area (Å²) < 4.78 is 0. The lowest BCUT2D eigenvalue weighted by atomic mass is 10.0. The van der Waals surface area contributed by atoms with Crippen molar-refractivity contribution in [2.45, 2.75) is 97.3 Å². The zero-order chi connectivity index (χ0) is 30.6. The third-order valence-corrected chi connectivity index (χ3v) is 8.61. The summed E-state index contributed by atoms with van der Waals surface area (Å²) in [6, 6.07) is 4.82. The molecule has 10 heteroatoms. The van der Waals surface area contributed by atoms with Crippen LogP contribution < -0.4 is 15.5 Å². The third-order valence-electron chi connectivity index (χ3n) is 8.61. The number of amides is 4. The monoisotopic (exact) mass is 581 g/mol. The number of nitrogens with one attached hydrogen (secondary N) is 2. The van der Waals surface area contributed by atoms with Crippen molar-refractivity contribution >= 4 is 35.1 Å². The number of likely N-dealkylation sites (tertiary alicyclic amines) is 2. The second-order valence-corrected chi connectivity index (χ2v) is 12.9. The first kappa shape index (κ1) is 31.5. The predicted molar refractivity (Wildman–Crippen MR) is 161 cm³/mol. The van der Waals surface area contributed by atoms with Crippen LogP contribution >= 0.6 is 0 Å². The molecule has 3 aliphatic rings. The van der Waals surface area contributed by atoms with E-state index in [1.807, 2.05) is 26.0 Å². The Bertz CT molecular complexity index is 1160. The second kappa shape index (κ2) is 13.7. The van der Waals surface area contributed by atoms with Crippen LogP contribution in [-0.4, -0.2) is 89.6 Å². The van der Waals surface area contributed by atoms with Crippen molar-refractivity contribution in [3.05, 3.63) is 29.8 Å². The molecule has 3 saturated heterocycles. The van der Waals surface area contributed by atoms with E-state index >= 15 is 0 Å². The molecule has 4 unspecified atom stereocenters. The molecule has 4 amide bonds. The summed E-state index contributed by atoms with van der Waals surface area (Å²) >= 11 is 0. The molecule has 230 valence electrons. The number of hydrogen-bond donors (Lipinski definition) is 2. The van der Waals surface area contributed by atoms with E-state index in [2.05, 4.69) is 29.4 Å². The van der Waals surface area contributed by atoms with Crippen LogP contribution in [0.1, 0.15) is 83.5 Å². The van der Waals surface area contributed by atoms with Gasteiger partial charge in [0.05, 0.1) is 12.6 Å². The molecule has 0 aliphatic carbocycles. The zero-order valence-electron chi connectivity index (χ0n) is 25.7. The van der Waals surface area contributed by atoms with Gasteiger partial charge in [-0.2, -0.15) is 0 Å². The summed E-state index contributed by atoms with van der Waals surface area (Å²) in [5.41, 5.74) is 1.57. The SMILES string of the molecule is CC(=O)NC(CCC(C)C)C(=O)N1CC(=O)C2C1CCN2C(=O)C(CC(C)C)NC(=O)c1ccc(N2CCCC2)cc1. The summed E-state index contributed by atoms with van der Waals surface area (Å²) in [4.78, 5) is 71.2. The average Bonchev–Trinajstić information content (AvgIpc) is 3.69. The van der Waals surface area contributed by atoms with Gasteiger partial charge in [-0.05, 0) is 74.6 Å². The molecule has 42 heavy (non-hydrogen) atoms. The predicted octanol–water partition coefficient (Wildman–Crippen LogP) is 2.75. The lowest BCUT2D eigenvalue weighted by Gasteiger charge is -2.30. The number of anilines is 1. The standard InChI is InChI=1S/C32H47N5O5/c1-20(2)8-13-25(33-22(5)38)31(41)37-19-28(39)29-27(37)14-17-36(29)32(42)26(18-21(3)4)34-30(40)23-9-11-24(12-10-23)35-15-6-7-16-35/h9-12,20-21,25-27,29H,6-8,13-19H2,1-5H3,(H,33,38)(H,34,40). The van der Waals surface area contributed by atoms with Gasteiger partial charge in [-0.15, -0.1) is 0 Å². The van der Waals surface area contributed by atoms with Crippen LogP contribution in [0.4, 0.5) is 5.69 Å². The lowest BCUT2D eigenvalue weighted by Crippen LogP contribution is -2.53. The van der Waals surface area contributed by atoms with Crippen molar-refractivity contribution < 1.29 is 24.0 Å². The maximum atomic E-state index is 13.9. The van der Waals surface area contributed by atoms with Crippen molar-refractivity contribution in [2.75, 3.05) is 31.1 Å². The van der Waals surface area contributed by atoms with Crippen LogP contribution in [0.5, 0.6) is 0 Å². The van der Waals surface area contributed by atoms with E-state index in [9.17, 15) is 24.0 Å². The Labute approximate surface area is 249 Å². The third kappa shape index (κ3) is 7.31. The summed E-state index contributed by atoms with van der Waals surface area (Å²) in [6.07, 6.45) is 4.49. The van der Waals surface area contributed by atoms with Gasteiger partial charge in [0, 0.05) is 37.8 Å². The van der Waals surface area contributed by atoms with Crippen molar-refractivity contribution in [1.29, 1.82) is 0 Å². The highest BCUT2D eigenvalue weighted by atomic mass is 16.2. The number of fused-ring (bicyclic) bond motifs is 1. The second-order valence-electron chi connectivity index (χ2n) is 12.9. The minimum atomic E-state index is -0.787. The van der Waals surface area contributed by atoms with Crippen LogP contribution in [0, 0.1) is 11.8 Å². The largest absolute Gasteiger partial charge is 0.372 e. The molecule has 0 spiro atoms. The normalized spacial score (nSPS) is 21.6. The number of ketones is 1. The fourth-order valence-electron chi connectivity index (χ4n) is 6.49. The van der Waals surface area contributed by atoms with Gasteiger partial charge in [0.1, 0.15) is 18.1 Å². The minimum Gasteiger partial charge on any atom is -0.372 e. The maximum absolute atomic E-state index is 13.9. The smallest absolute Gasteiger partial charge is 0.251 e. The van der Waals surface area contributed by atoms with Gasteiger partial charge >= 0.3 is 0 Å². The molecule has 0 saturated carbocycles. The summed E-state index contributed by atoms with van der Waals surface area (Å²) in [5.74, 6) is -0.873. The topological polar surface area (TPSA) is 119 Å². The molecule has 1 aromatic rings. The van der Waals surface area contributed by atoms with E-state index in [0.29, 0.717) is 37.3 Å². The number of carbonyl (C=O) groups is 5. The number of hydrogen-bond acceptors (Lipinski definition) is 6. The van der Waals surface area contributed by atoms with Gasteiger partial charge in [0.2, 0.25) is 17.7 Å². The molecule has 10 nitrogen and oxygen atoms in total. The average molecular weight is 582 g/mol. The van der Waals surface area contributed by atoms with E-state index in [1.165, 1.54) is 19.8 Å². The molecular weight excluding hydrogens is 534 g/mol. The van der Waals surface area contributed by atoms with Crippen molar-refractivity contribution in [1.82, 2.24) is 20.4 Å². The molecule has 4 rings (SSSR count). The first-order chi connectivity index (χ1) is 20.0. The van der Waals surface area contributed by atoms with Gasteiger partial charge in [0.25, 0.3) is 5.91 Å². The molecule has 0 aromatic heterocycles. The number of benzene rings is 1. The fraction of sp³-hybridized carbons (Fsp3) is 0.656. The fourth-order valence-corrected chi connectivity index (χ4v) is 6.49. The van der Waals surface area contributed by atoms with E-state index in [0.717, 1.165) is 25.2 Å². The van der Waals surface area contributed by atoms with Crippen molar-refractivity contribution in [3.8, 4) is 0 Å². The number of Topliss-reactive ketones (excluding diaryl/α,β-unsaturated/α-hetero) is 1. The molecule has 2 N–H and O–H groups in total. The molecule has 3 fully saturated rings. The highest BCUT2D eigenvalue weighted by Crippen LogP contribution is 2.32. The van der Waals surface area contributed by atoms with Gasteiger partial charge in [-0.25, -0.2) is 0 Å². The van der Waals surface area contributed by atoms with Gasteiger partial charge in [-0.1, -0.05) is 27.7 Å². The minimum absolute atomic E-state index is 0.0831. The molecular formula is C32H47N5O5. The molecule has 1 aromatic carbocycles. The summed E-state index contributed by atoms with van der Waals surface area (Å²) in [6.45, 7) is 11.8. The molecule has 3 heterocycles. The van der Waals surface area contributed by atoms with Crippen LogP contribution in [-0.2, 0) is 19.2 Å². The first-order valence-corrected chi connectivity index (χ1v) is 15.5. The highest BCUT2D eigenvalue weighted by Gasteiger charge is 2.53. The Morgan fingerprint density at radius 1 is 0.833 bits per heavy atom. The van der Waals surface area contributed by atoms with Crippen LogP contribution in [0.3, 0.4) is 0 Å². The highest BCUT2D eigenvalue weighted by molar-refractivity contribution is 6.01. The van der Waals surface area contributed by atoms with E-state index < -0.39 is 24.2 Å². The van der Waals surface area contributed by atoms with Gasteiger partial charge in [0.15, 0.2) is 5.78 Å². The van der Waals surface area contributed by atoms with Gasteiger partial charge < -0.3 is 25.3 Å². The zero-order valence-corrected chi connectivity index (χ0v) is 25.7. The number of carbonyl (C=O) groups excluding carboxylic acids is 5. The molecule has 0 bridgehead atoms. The Balaban J connectivity index is 1.45. The van der Waals surface area contributed by atoms with Gasteiger partial charge in [-0.3, -0.25) is 24.0 Å². The van der Waals surface area contributed by atoms with Crippen LogP contribution in [0.2, 0.25) is 0 Å². The van der Waals surface area contributed by atoms with E-state index in [1.54, 1.807) is 21.9 Å². The Kier molecular flexibility index (Phi) is 10.3. The van der Waals surface area contributed by atoms with Crippen molar-refractivity contribution in [2.24, 2.45) is 11.8 Å². The molecule has 4 atom stereocenters. The van der Waals surface area contributed by atoms with E-state index in [4.69, 9.17) is 0 Å². The number of rotatable bonds is 11. The quantitative estimate of drug-likeness (QED) is 0.415. The Morgan fingerprint density at radius 2 is 1.48 bits per heavy atom. The Hall–Kier alpha value is -3.43. The number of nitrogens with zero attached hydrogens (tertiary/aromatic N) is 3. The molecule has 3 aliphatic heterocycles. The summed E-state index contributed by atoms with van der Waals surface area (Å²) in [5, 5.41) is 5.71. The Morgan fingerprint density at radius 3 is 2.07 bits per heavy atom. The van der Waals surface area contributed by atoms with Crippen molar-refractivity contribution in [3.63, 3.8) is 0 Å². The van der Waals surface area contributed by atoms with Crippen LogP contribution in [0.15, 0.2) is 24.3 Å². The maximum Gasteiger partial charge on any atom is 0.251 e. The summed E-state index contributed by atoms with van der Waals surface area (Å²) in [7, 11) is 0. The lowest BCUT2D eigenvalue weighted by molar-refractivity contribution is -0.138. The molecule has 0 radical (unpaired) electrons. The first-order valence-electron chi connectivity index (χ1n) is 15.5. The van der Waals surface area contributed by atoms with E-state index in [-0.39, 0.29) is 41.9 Å².